The third-order valence-corrected chi connectivity index (χ3v) is 4.51. The number of nitrogens with zero attached hydrogens (tertiary/aromatic N) is 2. The molecule has 6 heteroatoms. The average Bonchev–Trinajstić information content (AvgIpc) is 3.09. The van der Waals surface area contributed by atoms with E-state index in [0.717, 1.165) is 27.7 Å². The molecule has 0 atom stereocenters. The Bertz CT molecular complexity index is 862. The lowest BCUT2D eigenvalue weighted by Gasteiger charge is -2.09. The molecule has 25 heavy (non-hydrogen) atoms. The Morgan fingerprint density at radius 1 is 1.24 bits per heavy atom. The first-order chi connectivity index (χ1) is 12.1. The highest BCUT2D eigenvalue weighted by Gasteiger charge is 2.08. The number of carbonyl (C=O) groups excluding carboxylic acids is 1. The largest absolute Gasteiger partial charge is 0.484 e. The number of ether oxygens (including phenoxy) is 1. The van der Waals surface area contributed by atoms with Gasteiger partial charge in [-0.05, 0) is 37.6 Å². The van der Waals surface area contributed by atoms with Crippen LogP contribution in [0.4, 0.5) is 0 Å². The summed E-state index contributed by atoms with van der Waals surface area (Å²) < 4.78 is 5.58. The maximum absolute atomic E-state index is 12.0. The predicted molar refractivity (Wildman–Crippen MR) is 98.6 cm³/mol. The maximum Gasteiger partial charge on any atom is 0.258 e. The zero-order valence-electron chi connectivity index (χ0n) is 14.2. The first-order valence-electron chi connectivity index (χ1n) is 7.94. The van der Waals surface area contributed by atoms with Crippen molar-refractivity contribution in [3.05, 3.63) is 64.8 Å². The van der Waals surface area contributed by atoms with E-state index in [1.54, 1.807) is 6.20 Å². The fourth-order valence-corrected chi connectivity index (χ4v) is 3.13. The number of benzene rings is 1. The van der Waals surface area contributed by atoms with Gasteiger partial charge in [-0.2, -0.15) is 0 Å². The van der Waals surface area contributed by atoms with Crippen LogP contribution in [0.5, 0.6) is 5.75 Å². The molecule has 0 aliphatic rings. The molecule has 2 aromatic heterocycles. The van der Waals surface area contributed by atoms with Gasteiger partial charge in [0.2, 0.25) is 0 Å². The Morgan fingerprint density at radius 2 is 2.12 bits per heavy atom. The third-order valence-electron chi connectivity index (χ3n) is 3.59. The van der Waals surface area contributed by atoms with E-state index >= 15 is 0 Å². The predicted octanol–water partition coefficient (Wildman–Crippen LogP) is 3.52. The minimum absolute atomic E-state index is 0.0128. The summed E-state index contributed by atoms with van der Waals surface area (Å²) in [4.78, 5) is 20.7. The van der Waals surface area contributed by atoms with Crippen LogP contribution in [0.3, 0.4) is 0 Å². The SMILES string of the molecule is Cc1ccc(OCC(=O)NCc2csc(-c3ccccn3)n2)c(C)c1. The van der Waals surface area contributed by atoms with E-state index in [1.807, 2.05) is 55.6 Å². The Kier molecular flexibility index (Phi) is 5.40. The number of nitrogens with one attached hydrogen (secondary N) is 1. The van der Waals surface area contributed by atoms with Crippen LogP contribution in [0.1, 0.15) is 16.8 Å². The van der Waals surface area contributed by atoms with Gasteiger partial charge in [-0.3, -0.25) is 9.78 Å². The van der Waals surface area contributed by atoms with Crippen molar-refractivity contribution in [2.24, 2.45) is 0 Å². The van der Waals surface area contributed by atoms with Crippen LogP contribution >= 0.6 is 11.3 Å². The molecule has 0 bridgehead atoms. The van der Waals surface area contributed by atoms with E-state index in [2.05, 4.69) is 15.3 Å². The number of carbonyl (C=O) groups is 1. The van der Waals surface area contributed by atoms with Crippen LogP contribution in [0.15, 0.2) is 48.0 Å². The fraction of sp³-hybridized carbons (Fsp3) is 0.211. The quantitative estimate of drug-likeness (QED) is 0.736. The van der Waals surface area contributed by atoms with E-state index < -0.39 is 0 Å². The van der Waals surface area contributed by atoms with Crippen LogP contribution in [0, 0.1) is 13.8 Å². The third kappa shape index (κ3) is 4.64. The molecule has 3 aromatic rings. The fourth-order valence-electron chi connectivity index (χ4n) is 2.34. The van der Waals surface area contributed by atoms with Crippen LogP contribution in [-0.4, -0.2) is 22.5 Å². The Morgan fingerprint density at radius 3 is 2.88 bits per heavy atom. The lowest BCUT2D eigenvalue weighted by atomic mass is 10.1. The molecule has 0 radical (unpaired) electrons. The molecule has 1 N–H and O–H groups in total. The highest BCUT2D eigenvalue weighted by Crippen LogP contribution is 2.21. The van der Waals surface area contributed by atoms with Crippen molar-refractivity contribution in [2.75, 3.05) is 6.61 Å². The van der Waals surface area contributed by atoms with Gasteiger partial charge < -0.3 is 10.1 Å². The van der Waals surface area contributed by atoms with Gasteiger partial charge >= 0.3 is 0 Å². The molecule has 0 unspecified atom stereocenters. The van der Waals surface area contributed by atoms with E-state index in [4.69, 9.17) is 4.74 Å². The minimum Gasteiger partial charge on any atom is -0.484 e. The van der Waals surface area contributed by atoms with Gasteiger partial charge in [0, 0.05) is 11.6 Å². The van der Waals surface area contributed by atoms with Crippen molar-refractivity contribution in [2.45, 2.75) is 20.4 Å². The van der Waals surface area contributed by atoms with Crippen LogP contribution < -0.4 is 10.1 Å². The number of aryl methyl sites for hydroxylation is 2. The van der Waals surface area contributed by atoms with Crippen LogP contribution in [-0.2, 0) is 11.3 Å². The number of rotatable bonds is 6. The molecular formula is C19H19N3O2S. The number of thiazole rings is 1. The summed E-state index contributed by atoms with van der Waals surface area (Å²) in [6.45, 7) is 4.35. The van der Waals surface area contributed by atoms with Crippen molar-refractivity contribution in [3.8, 4) is 16.5 Å². The Balaban J connectivity index is 1.50. The molecule has 5 nitrogen and oxygen atoms in total. The van der Waals surface area contributed by atoms with E-state index in [1.165, 1.54) is 16.9 Å². The van der Waals surface area contributed by atoms with Crippen LogP contribution in [0.25, 0.3) is 10.7 Å². The van der Waals surface area contributed by atoms with Gasteiger partial charge in [-0.15, -0.1) is 11.3 Å². The van der Waals surface area contributed by atoms with Crippen molar-refractivity contribution < 1.29 is 9.53 Å². The van der Waals surface area contributed by atoms with Gasteiger partial charge in [0.25, 0.3) is 5.91 Å². The van der Waals surface area contributed by atoms with Gasteiger partial charge in [-0.25, -0.2) is 4.98 Å². The zero-order valence-corrected chi connectivity index (χ0v) is 15.0. The van der Waals surface area contributed by atoms with Crippen molar-refractivity contribution in [1.82, 2.24) is 15.3 Å². The average molecular weight is 353 g/mol. The van der Waals surface area contributed by atoms with E-state index in [0.29, 0.717) is 6.54 Å². The molecule has 0 aliphatic carbocycles. The molecule has 128 valence electrons. The molecule has 0 fully saturated rings. The smallest absolute Gasteiger partial charge is 0.258 e. The lowest BCUT2D eigenvalue weighted by molar-refractivity contribution is -0.123. The summed E-state index contributed by atoms with van der Waals surface area (Å²) in [6, 6.07) is 11.6. The normalized spacial score (nSPS) is 10.5. The molecule has 3 rings (SSSR count). The van der Waals surface area contributed by atoms with Crippen molar-refractivity contribution in [3.63, 3.8) is 0 Å². The second kappa shape index (κ2) is 7.90. The number of hydrogen-bond donors (Lipinski definition) is 1. The summed E-state index contributed by atoms with van der Waals surface area (Å²) in [5.41, 5.74) is 3.84. The zero-order chi connectivity index (χ0) is 17.6. The summed E-state index contributed by atoms with van der Waals surface area (Å²) in [6.07, 6.45) is 1.74. The van der Waals surface area contributed by atoms with E-state index in [9.17, 15) is 4.79 Å². The highest BCUT2D eigenvalue weighted by molar-refractivity contribution is 7.13. The number of amides is 1. The first kappa shape index (κ1) is 17.1. The highest BCUT2D eigenvalue weighted by atomic mass is 32.1. The second-order valence-corrected chi connectivity index (χ2v) is 6.55. The Hall–Kier alpha value is -2.73. The molecule has 1 amide bonds. The molecule has 0 spiro atoms. The summed E-state index contributed by atoms with van der Waals surface area (Å²) in [7, 11) is 0. The molecule has 1 aromatic carbocycles. The lowest BCUT2D eigenvalue weighted by Crippen LogP contribution is -2.28. The standard InChI is InChI=1S/C19H19N3O2S/c1-13-6-7-17(14(2)9-13)24-11-18(23)21-10-15-12-25-19(22-15)16-5-3-4-8-20-16/h3-9,12H,10-11H2,1-2H3,(H,21,23). The minimum atomic E-state index is -0.174. The number of aromatic nitrogens is 2. The van der Waals surface area contributed by atoms with E-state index in [-0.39, 0.29) is 12.5 Å². The monoisotopic (exact) mass is 353 g/mol. The molecule has 0 saturated carbocycles. The topological polar surface area (TPSA) is 64.1 Å². The molecule has 0 saturated heterocycles. The Labute approximate surface area is 150 Å². The first-order valence-corrected chi connectivity index (χ1v) is 8.82. The van der Waals surface area contributed by atoms with Gasteiger partial charge in [-0.1, -0.05) is 23.8 Å². The maximum atomic E-state index is 12.0. The van der Waals surface area contributed by atoms with Crippen LogP contribution in [0.2, 0.25) is 0 Å². The number of pyridine rings is 1. The molecule has 2 heterocycles. The van der Waals surface area contributed by atoms with Crippen molar-refractivity contribution in [1.29, 1.82) is 0 Å². The summed E-state index contributed by atoms with van der Waals surface area (Å²) >= 11 is 1.51. The number of hydrogen-bond acceptors (Lipinski definition) is 5. The van der Waals surface area contributed by atoms with Gasteiger partial charge in [0.05, 0.1) is 17.9 Å². The van der Waals surface area contributed by atoms with Crippen molar-refractivity contribution >= 4 is 17.2 Å². The summed E-state index contributed by atoms with van der Waals surface area (Å²) in [5.74, 6) is 0.555. The summed E-state index contributed by atoms with van der Waals surface area (Å²) in [5, 5.41) is 5.59. The van der Waals surface area contributed by atoms with Gasteiger partial charge in [0.15, 0.2) is 6.61 Å². The molecular weight excluding hydrogens is 334 g/mol. The second-order valence-electron chi connectivity index (χ2n) is 5.69. The van der Waals surface area contributed by atoms with Gasteiger partial charge in [0.1, 0.15) is 10.8 Å². The molecule has 0 aliphatic heterocycles.